The molecule has 0 N–H and O–H groups in total. The lowest BCUT2D eigenvalue weighted by Crippen LogP contribution is -2.40. The van der Waals surface area contributed by atoms with Gasteiger partial charge in [0.1, 0.15) is 12.4 Å². The third-order valence-corrected chi connectivity index (χ3v) is 3.49. The first kappa shape index (κ1) is 13.0. The molecule has 20 heavy (non-hydrogen) atoms. The van der Waals surface area contributed by atoms with Crippen LogP contribution < -0.4 is 15.0 Å². The number of anilines is 1. The van der Waals surface area contributed by atoms with E-state index in [0.717, 1.165) is 31.9 Å². The van der Waals surface area contributed by atoms with Gasteiger partial charge in [0.25, 0.3) is 0 Å². The predicted octanol–water partition coefficient (Wildman–Crippen LogP) is 2.69. The van der Waals surface area contributed by atoms with Gasteiger partial charge < -0.3 is 9.64 Å². The third kappa shape index (κ3) is 3.31. The second-order valence-electron chi connectivity index (χ2n) is 4.93. The van der Waals surface area contributed by atoms with Crippen LogP contribution in [0.5, 0.6) is 5.75 Å². The second-order valence-corrected chi connectivity index (χ2v) is 4.93. The third-order valence-electron chi connectivity index (χ3n) is 3.49. The van der Waals surface area contributed by atoms with Gasteiger partial charge in [0.2, 0.25) is 0 Å². The fourth-order valence-electron chi connectivity index (χ4n) is 2.38. The molecular formula is C17H19N2O. The van der Waals surface area contributed by atoms with E-state index in [-0.39, 0.29) is 0 Å². The summed E-state index contributed by atoms with van der Waals surface area (Å²) in [5.41, 5.74) is 2.42. The SMILES string of the molecule is c1ccc(COc2cccc(N3CC[N]CC3)c2)cc1. The topological polar surface area (TPSA) is 26.6 Å². The number of hydrogen-bond donors (Lipinski definition) is 0. The van der Waals surface area contributed by atoms with E-state index in [1.54, 1.807) is 0 Å². The molecule has 0 amide bonds. The van der Waals surface area contributed by atoms with E-state index in [2.05, 4.69) is 40.5 Å². The predicted molar refractivity (Wildman–Crippen MR) is 81.3 cm³/mol. The molecule has 3 rings (SSSR count). The second kappa shape index (κ2) is 6.44. The average molecular weight is 267 g/mol. The maximum absolute atomic E-state index is 5.87. The van der Waals surface area contributed by atoms with Crippen LogP contribution in [0.25, 0.3) is 0 Å². The highest BCUT2D eigenvalue weighted by Crippen LogP contribution is 2.22. The molecule has 3 heteroatoms. The molecule has 1 radical (unpaired) electrons. The molecule has 2 aromatic carbocycles. The summed E-state index contributed by atoms with van der Waals surface area (Å²) in [7, 11) is 0. The van der Waals surface area contributed by atoms with E-state index >= 15 is 0 Å². The van der Waals surface area contributed by atoms with E-state index in [0.29, 0.717) is 6.61 Å². The van der Waals surface area contributed by atoms with Crippen LogP contribution in [0.4, 0.5) is 5.69 Å². The lowest BCUT2D eigenvalue weighted by molar-refractivity contribution is 0.306. The summed E-state index contributed by atoms with van der Waals surface area (Å²) in [5, 5.41) is 4.38. The Balaban J connectivity index is 1.65. The molecule has 1 aliphatic heterocycles. The molecule has 0 bridgehead atoms. The zero-order valence-electron chi connectivity index (χ0n) is 11.5. The van der Waals surface area contributed by atoms with Crippen LogP contribution in [0.3, 0.4) is 0 Å². The molecule has 1 aliphatic rings. The first-order valence-corrected chi connectivity index (χ1v) is 7.07. The van der Waals surface area contributed by atoms with E-state index in [9.17, 15) is 0 Å². The van der Waals surface area contributed by atoms with Crippen molar-refractivity contribution in [3.05, 3.63) is 60.2 Å². The largest absolute Gasteiger partial charge is 0.489 e. The van der Waals surface area contributed by atoms with Crippen LogP contribution >= 0.6 is 0 Å². The Morgan fingerprint density at radius 1 is 0.950 bits per heavy atom. The quantitative estimate of drug-likeness (QED) is 0.851. The van der Waals surface area contributed by atoms with Crippen molar-refractivity contribution in [3.8, 4) is 5.75 Å². The van der Waals surface area contributed by atoms with E-state index in [1.807, 2.05) is 24.3 Å². The number of nitrogens with zero attached hydrogens (tertiary/aromatic N) is 2. The molecule has 0 unspecified atom stereocenters. The van der Waals surface area contributed by atoms with Crippen LogP contribution in [-0.4, -0.2) is 26.2 Å². The number of piperazine rings is 1. The Bertz CT molecular complexity index is 536. The van der Waals surface area contributed by atoms with E-state index in [1.165, 1.54) is 11.3 Å². The molecule has 1 heterocycles. The minimum Gasteiger partial charge on any atom is -0.489 e. The number of rotatable bonds is 4. The van der Waals surface area contributed by atoms with Gasteiger partial charge in [-0.3, -0.25) is 0 Å². The minimum absolute atomic E-state index is 0.611. The Kier molecular flexibility index (Phi) is 4.19. The highest BCUT2D eigenvalue weighted by Gasteiger charge is 2.11. The summed E-state index contributed by atoms with van der Waals surface area (Å²) in [6.45, 7) is 4.47. The van der Waals surface area contributed by atoms with Crippen molar-refractivity contribution in [1.82, 2.24) is 5.32 Å². The summed E-state index contributed by atoms with van der Waals surface area (Å²) in [4.78, 5) is 2.36. The lowest BCUT2D eigenvalue weighted by Gasteiger charge is -2.28. The van der Waals surface area contributed by atoms with Crippen molar-refractivity contribution in [2.45, 2.75) is 6.61 Å². The van der Waals surface area contributed by atoms with Gasteiger partial charge in [0, 0.05) is 37.9 Å². The zero-order chi connectivity index (χ0) is 13.6. The summed E-state index contributed by atoms with van der Waals surface area (Å²) >= 11 is 0. The highest BCUT2D eigenvalue weighted by atomic mass is 16.5. The fourth-order valence-corrected chi connectivity index (χ4v) is 2.38. The van der Waals surface area contributed by atoms with Crippen molar-refractivity contribution in [1.29, 1.82) is 0 Å². The molecule has 0 spiro atoms. The van der Waals surface area contributed by atoms with E-state index < -0.39 is 0 Å². The fraction of sp³-hybridized carbons (Fsp3) is 0.294. The van der Waals surface area contributed by atoms with Gasteiger partial charge in [-0.1, -0.05) is 36.4 Å². The molecule has 0 aromatic heterocycles. The lowest BCUT2D eigenvalue weighted by atomic mass is 10.2. The van der Waals surface area contributed by atoms with Gasteiger partial charge in [-0.2, -0.15) is 0 Å². The molecule has 2 aromatic rings. The molecule has 0 saturated carbocycles. The summed E-state index contributed by atoms with van der Waals surface area (Å²) in [6.07, 6.45) is 0. The zero-order valence-corrected chi connectivity index (χ0v) is 11.5. The van der Waals surface area contributed by atoms with Gasteiger partial charge in [-0.15, -0.1) is 0 Å². The van der Waals surface area contributed by atoms with Crippen molar-refractivity contribution in [3.63, 3.8) is 0 Å². The van der Waals surface area contributed by atoms with Crippen LogP contribution in [0, 0.1) is 0 Å². The number of benzene rings is 2. The highest BCUT2D eigenvalue weighted by molar-refractivity contribution is 5.51. The molecule has 1 fully saturated rings. The molecule has 3 nitrogen and oxygen atoms in total. The van der Waals surface area contributed by atoms with Crippen molar-refractivity contribution in [2.75, 3.05) is 31.1 Å². The summed E-state index contributed by atoms with van der Waals surface area (Å²) in [6, 6.07) is 18.6. The molecule has 103 valence electrons. The van der Waals surface area contributed by atoms with Crippen LogP contribution in [0.2, 0.25) is 0 Å². The Morgan fingerprint density at radius 3 is 2.55 bits per heavy atom. The van der Waals surface area contributed by atoms with Crippen LogP contribution in [0.15, 0.2) is 54.6 Å². The van der Waals surface area contributed by atoms with Crippen LogP contribution in [-0.2, 0) is 6.61 Å². The van der Waals surface area contributed by atoms with E-state index in [4.69, 9.17) is 4.74 Å². The summed E-state index contributed by atoms with van der Waals surface area (Å²) < 4.78 is 5.87. The van der Waals surface area contributed by atoms with Crippen molar-refractivity contribution < 1.29 is 4.74 Å². The minimum atomic E-state index is 0.611. The standard InChI is InChI=1S/C17H19N2O/c1-2-5-15(6-3-1)14-20-17-8-4-7-16(13-17)19-11-9-18-10-12-19/h1-8,13H,9-12,14H2. The van der Waals surface area contributed by atoms with Gasteiger partial charge in [-0.25, -0.2) is 5.32 Å². The monoisotopic (exact) mass is 267 g/mol. The Labute approximate surface area is 120 Å². The summed E-state index contributed by atoms with van der Waals surface area (Å²) in [5.74, 6) is 0.925. The first-order valence-electron chi connectivity index (χ1n) is 7.07. The molecular weight excluding hydrogens is 248 g/mol. The Hall–Kier alpha value is -2.00. The van der Waals surface area contributed by atoms with Gasteiger partial charge in [0.05, 0.1) is 0 Å². The molecule has 0 aliphatic carbocycles. The maximum Gasteiger partial charge on any atom is 0.121 e. The van der Waals surface area contributed by atoms with Crippen molar-refractivity contribution in [2.24, 2.45) is 0 Å². The average Bonchev–Trinajstić information content (AvgIpc) is 2.55. The molecule has 0 atom stereocenters. The number of ether oxygens (including phenoxy) is 1. The smallest absolute Gasteiger partial charge is 0.121 e. The van der Waals surface area contributed by atoms with Gasteiger partial charge >= 0.3 is 0 Å². The molecule has 1 saturated heterocycles. The number of hydrogen-bond acceptors (Lipinski definition) is 2. The maximum atomic E-state index is 5.87. The Morgan fingerprint density at radius 2 is 1.75 bits per heavy atom. The van der Waals surface area contributed by atoms with Gasteiger partial charge in [-0.05, 0) is 17.7 Å². The normalized spacial score (nSPS) is 15.1. The van der Waals surface area contributed by atoms with Crippen LogP contribution in [0.1, 0.15) is 5.56 Å². The van der Waals surface area contributed by atoms with Crippen molar-refractivity contribution >= 4 is 5.69 Å². The first-order chi connectivity index (χ1) is 9.92. The van der Waals surface area contributed by atoms with Gasteiger partial charge in [0.15, 0.2) is 0 Å².